The molecule has 0 unspecified atom stereocenters. The van der Waals surface area contributed by atoms with Gasteiger partial charge >= 0.3 is 0 Å². The van der Waals surface area contributed by atoms with E-state index in [1.165, 1.54) is 42.4 Å². The fraction of sp³-hybridized carbons (Fsp3) is 0.409. The third kappa shape index (κ3) is 3.64. The summed E-state index contributed by atoms with van der Waals surface area (Å²) in [4.78, 5) is 0. The highest BCUT2D eigenvalue weighted by Gasteiger charge is 2.23. The van der Waals surface area contributed by atoms with E-state index in [1.54, 1.807) is 0 Å². The monoisotopic (exact) mass is 303 g/mol. The highest BCUT2D eigenvalue weighted by atomic mass is 14.3. The highest BCUT2D eigenvalue weighted by molar-refractivity contribution is 5.34. The third-order valence-electron chi connectivity index (χ3n) is 5.31. The summed E-state index contributed by atoms with van der Waals surface area (Å²) in [7, 11) is 0. The predicted octanol–water partition coefficient (Wildman–Crippen LogP) is 6.12. The molecule has 0 saturated heterocycles. The van der Waals surface area contributed by atoms with Crippen LogP contribution >= 0.6 is 0 Å². The Hall–Kier alpha value is -2.07. The molecule has 0 bridgehead atoms. The molecule has 2 aromatic carbocycles. The Labute approximate surface area is 140 Å². The molecule has 118 valence electrons. The molecule has 1 aliphatic carbocycles. The number of nitrogens with zero attached hydrogens (tertiary/aromatic N) is 1. The summed E-state index contributed by atoms with van der Waals surface area (Å²) in [5.74, 6) is 1.98. The standard InChI is InChI=1S/C22H25N/c1-16(2)18-7-9-20(10-8-18)22-13-11-21(12-14-22)19-5-3-17(15-23)4-6-19/h3-10,16,21-22H,11-14H2,1-2H3/t21-,22-. The molecule has 0 heterocycles. The van der Waals surface area contributed by atoms with E-state index in [0.29, 0.717) is 17.8 Å². The lowest BCUT2D eigenvalue weighted by molar-refractivity contribution is 0.396. The van der Waals surface area contributed by atoms with Crippen LogP contribution in [0.2, 0.25) is 0 Å². The Morgan fingerprint density at radius 3 is 1.61 bits per heavy atom. The number of hydrogen-bond acceptors (Lipinski definition) is 1. The molecular weight excluding hydrogens is 278 g/mol. The molecule has 1 fully saturated rings. The van der Waals surface area contributed by atoms with Crippen molar-refractivity contribution in [2.75, 3.05) is 0 Å². The Balaban J connectivity index is 1.62. The van der Waals surface area contributed by atoms with Crippen LogP contribution in [0.4, 0.5) is 0 Å². The second-order valence-electron chi connectivity index (χ2n) is 7.10. The Kier molecular flexibility index (Phi) is 4.82. The SMILES string of the molecule is CC(C)c1ccc([C@H]2CC[C@H](c3ccc(C#N)cc3)CC2)cc1. The van der Waals surface area contributed by atoms with Crippen LogP contribution in [0.3, 0.4) is 0 Å². The van der Waals surface area contributed by atoms with Gasteiger partial charge in [0.1, 0.15) is 0 Å². The quantitative estimate of drug-likeness (QED) is 0.669. The van der Waals surface area contributed by atoms with Crippen LogP contribution in [-0.2, 0) is 0 Å². The van der Waals surface area contributed by atoms with E-state index in [1.807, 2.05) is 12.1 Å². The van der Waals surface area contributed by atoms with E-state index < -0.39 is 0 Å². The van der Waals surface area contributed by atoms with Crippen LogP contribution in [0.25, 0.3) is 0 Å². The van der Waals surface area contributed by atoms with E-state index in [-0.39, 0.29) is 0 Å². The zero-order valence-electron chi connectivity index (χ0n) is 14.1. The topological polar surface area (TPSA) is 23.8 Å². The van der Waals surface area contributed by atoms with Crippen molar-refractivity contribution in [3.63, 3.8) is 0 Å². The van der Waals surface area contributed by atoms with Gasteiger partial charge in [0.25, 0.3) is 0 Å². The zero-order chi connectivity index (χ0) is 16.2. The van der Waals surface area contributed by atoms with Gasteiger partial charge in [0.15, 0.2) is 0 Å². The molecule has 3 rings (SSSR count). The fourth-order valence-corrected chi connectivity index (χ4v) is 3.74. The number of nitriles is 1. The summed E-state index contributed by atoms with van der Waals surface area (Å²) >= 11 is 0. The van der Waals surface area contributed by atoms with Crippen molar-refractivity contribution in [1.82, 2.24) is 0 Å². The van der Waals surface area contributed by atoms with Crippen molar-refractivity contribution >= 4 is 0 Å². The van der Waals surface area contributed by atoms with E-state index in [9.17, 15) is 0 Å². The Bertz CT molecular complexity index is 665. The molecule has 2 aromatic rings. The minimum absolute atomic E-state index is 0.608. The smallest absolute Gasteiger partial charge is 0.0991 e. The number of benzene rings is 2. The van der Waals surface area contributed by atoms with Crippen LogP contribution in [-0.4, -0.2) is 0 Å². The van der Waals surface area contributed by atoms with Crippen LogP contribution in [0.1, 0.15) is 79.5 Å². The van der Waals surface area contributed by atoms with Crippen molar-refractivity contribution in [2.45, 2.75) is 57.3 Å². The maximum atomic E-state index is 8.90. The van der Waals surface area contributed by atoms with Gasteiger partial charge in [-0.05, 0) is 72.3 Å². The first-order valence-electron chi connectivity index (χ1n) is 8.77. The first-order valence-corrected chi connectivity index (χ1v) is 8.77. The summed E-state index contributed by atoms with van der Waals surface area (Å²) in [5.41, 5.74) is 5.10. The molecule has 1 heteroatoms. The lowest BCUT2D eigenvalue weighted by atomic mass is 9.76. The highest BCUT2D eigenvalue weighted by Crippen LogP contribution is 2.40. The van der Waals surface area contributed by atoms with Gasteiger partial charge in [0.05, 0.1) is 11.6 Å². The summed E-state index contributed by atoms with van der Waals surface area (Å²) in [6.45, 7) is 4.50. The Morgan fingerprint density at radius 1 is 0.783 bits per heavy atom. The van der Waals surface area contributed by atoms with Crippen molar-refractivity contribution < 1.29 is 0 Å². The van der Waals surface area contributed by atoms with E-state index in [2.05, 4.69) is 56.3 Å². The van der Waals surface area contributed by atoms with Crippen LogP contribution in [0, 0.1) is 11.3 Å². The van der Waals surface area contributed by atoms with Crippen molar-refractivity contribution in [3.05, 3.63) is 70.8 Å². The van der Waals surface area contributed by atoms with Gasteiger partial charge in [-0.3, -0.25) is 0 Å². The molecule has 0 spiro atoms. The van der Waals surface area contributed by atoms with Crippen LogP contribution in [0.15, 0.2) is 48.5 Å². The molecule has 23 heavy (non-hydrogen) atoms. The fourth-order valence-electron chi connectivity index (χ4n) is 3.74. The lowest BCUT2D eigenvalue weighted by Gasteiger charge is -2.29. The van der Waals surface area contributed by atoms with Gasteiger partial charge in [-0.15, -0.1) is 0 Å². The van der Waals surface area contributed by atoms with Crippen molar-refractivity contribution in [2.24, 2.45) is 0 Å². The maximum Gasteiger partial charge on any atom is 0.0991 e. The lowest BCUT2D eigenvalue weighted by Crippen LogP contribution is -2.12. The molecule has 0 atom stereocenters. The van der Waals surface area contributed by atoms with Crippen molar-refractivity contribution in [3.8, 4) is 6.07 Å². The van der Waals surface area contributed by atoms with Crippen LogP contribution in [0.5, 0.6) is 0 Å². The average molecular weight is 303 g/mol. The van der Waals surface area contributed by atoms with Gasteiger partial charge < -0.3 is 0 Å². The van der Waals surface area contributed by atoms with Gasteiger partial charge in [-0.2, -0.15) is 5.26 Å². The summed E-state index contributed by atoms with van der Waals surface area (Å²) in [6.07, 6.45) is 5.04. The molecule has 0 aromatic heterocycles. The number of rotatable bonds is 3. The van der Waals surface area contributed by atoms with E-state index in [4.69, 9.17) is 5.26 Å². The second kappa shape index (κ2) is 7.01. The van der Waals surface area contributed by atoms with E-state index in [0.717, 1.165) is 5.56 Å². The first-order chi connectivity index (χ1) is 11.2. The van der Waals surface area contributed by atoms with Crippen molar-refractivity contribution in [1.29, 1.82) is 5.26 Å². The molecule has 0 radical (unpaired) electrons. The molecule has 1 saturated carbocycles. The maximum absolute atomic E-state index is 8.90. The number of hydrogen-bond donors (Lipinski definition) is 0. The largest absolute Gasteiger partial charge is 0.192 e. The molecule has 1 aliphatic rings. The normalized spacial score (nSPS) is 21.1. The average Bonchev–Trinajstić information content (AvgIpc) is 2.62. The van der Waals surface area contributed by atoms with Gasteiger partial charge in [-0.25, -0.2) is 0 Å². The van der Waals surface area contributed by atoms with Gasteiger partial charge in [-0.1, -0.05) is 50.2 Å². The second-order valence-corrected chi connectivity index (χ2v) is 7.10. The summed E-state index contributed by atoms with van der Waals surface area (Å²) < 4.78 is 0. The zero-order valence-corrected chi connectivity index (χ0v) is 14.1. The third-order valence-corrected chi connectivity index (χ3v) is 5.31. The molecule has 0 aliphatic heterocycles. The molecule has 1 nitrogen and oxygen atoms in total. The minimum Gasteiger partial charge on any atom is -0.192 e. The predicted molar refractivity (Wildman–Crippen MR) is 95.6 cm³/mol. The van der Waals surface area contributed by atoms with Gasteiger partial charge in [0, 0.05) is 0 Å². The van der Waals surface area contributed by atoms with Gasteiger partial charge in [0.2, 0.25) is 0 Å². The molecule has 0 N–H and O–H groups in total. The first kappa shape index (κ1) is 15.8. The summed E-state index contributed by atoms with van der Waals surface area (Å²) in [6, 6.07) is 19.6. The van der Waals surface area contributed by atoms with E-state index >= 15 is 0 Å². The summed E-state index contributed by atoms with van der Waals surface area (Å²) in [5, 5.41) is 8.90. The Morgan fingerprint density at radius 2 is 1.22 bits per heavy atom. The molecular formula is C22H25N. The minimum atomic E-state index is 0.608. The molecule has 0 amide bonds. The van der Waals surface area contributed by atoms with Crippen LogP contribution < -0.4 is 0 Å².